The summed E-state index contributed by atoms with van der Waals surface area (Å²) in [5.41, 5.74) is 5.60. The molecule has 0 radical (unpaired) electrons. The largest absolute Gasteiger partial charge is 0.478 e. The van der Waals surface area contributed by atoms with Gasteiger partial charge in [-0.15, -0.1) is 0 Å². The van der Waals surface area contributed by atoms with Crippen LogP contribution in [0.1, 0.15) is 34.1 Å². The summed E-state index contributed by atoms with van der Waals surface area (Å²) in [4.78, 5) is 22.3. The third-order valence-corrected chi connectivity index (χ3v) is 2.12. The predicted molar refractivity (Wildman–Crippen MR) is 59.8 cm³/mol. The minimum absolute atomic E-state index is 0.268. The third kappa shape index (κ3) is 5.11. The van der Waals surface area contributed by atoms with Crippen molar-refractivity contribution in [3.63, 3.8) is 0 Å². The van der Waals surface area contributed by atoms with Crippen LogP contribution in [-0.4, -0.2) is 29.2 Å². The molecule has 0 aliphatic carbocycles. The van der Waals surface area contributed by atoms with Gasteiger partial charge in [0.05, 0.1) is 0 Å². The Morgan fingerprint density at radius 3 is 2.06 bits per heavy atom. The lowest BCUT2D eigenvalue weighted by atomic mass is 10.0. The Balaban J connectivity index is 4.35. The Kier molecular flexibility index (Phi) is 6.03. The highest BCUT2D eigenvalue weighted by Crippen LogP contribution is 2.10. The van der Waals surface area contributed by atoms with Crippen LogP contribution in [0.2, 0.25) is 0 Å². The second-order valence-corrected chi connectivity index (χ2v) is 4.68. The molecule has 0 aromatic heterocycles. The molecule has 16 heavy (non-hydrogen) atoms. The SMILES string of the molecule is CC(C)C[C@H](N)C(=O)OC(C(=O)O)C(C)C. The van der Waals surface area contributed by atoms with E-state index >= 15 is 0 Å². The van der Waals surface area contributed by atoms with Crippen LogP contribution in [0, 0.1) is 11.8 Å². The van der Waals surface area contributed by atoms with E-state index in [4.69, 9.17) is 15.6 Å². The lowest BCUT2D eigenvalue weighted by molar-refractivity contribution is -0.168. The fourth-order valence-electron chi connectivity index (χ4n) is 1.29. The molecule has 0 aliphatic rings. The topological polar surface area (TPSA) is 89.6 Å². The number of esters is 1. The second-order valence-electron chi connectivity index (χ2n) is 4.68. The molecule has 3 N–H and O–H groups in total. The summed E-state index contributed by atoms with van der Waals surface area (Å²) in [6, 6.07) is -0.749. The molecule has 0 spiro atoms. The number of carbonyl (C=O) groups is 2. The number of hydrogen-bond donors (Lipinski definition) is 2. The number of ether oxygens (including phenoxy) is 1. The summed E-state index contributed by atoms with van der Waals surface area (Å²) < 4.78 is 4.87. The highest BCUT2D eigenvalue weighted by Gasteiger charge is 2.28. The van der Waals surface area contributed by atoms with E-state index in [1.807, 2.05) is 13.8 Å². The normalized spacial score (nSPS) is 14.9. The zero-order valence-corrected chi connectivity index (χ0v) is 10.3. The van der Waals surface area contributed by atoms with Crippen LogP contribution in [0.4, 0.5) is 0 Å². The molecule has 0 saturated heterocycles. The molecule has 0 bridgehead atoms. The molecule has 2 atom stereocenters. The predicted octanol–water partition coefficient (Wildman–Crippen LogP) is 1.01. The molecule has 0 amide bonds. The van der Waals surface area contributed by atoms with Gasteiger partial charge in [-0.1, -0.05) is 27.7 Å². The van der Waals surface area contributed by atoms with E-state index in [0.29, 0.717) is 6.42 Å². The fraction of sp³-hybridized carbons (Fsp3) is 0.818. The smallest absolute Gasteiger partial charge is 0.345 e. The monoisotopic (exact) mass is 231 g/mol. The number of hydrogen-bond acceptors (Lipinski definition) is 4. The van der Waals surface area contributed by atoms with Gasteiger partial charge in [0.25, 0.3) is 0 Å². The van der Waals surface area contributed by atoms with E-state index in [1.54, 1.807) is 13.8 Å². The van der Waals surface area contributed by atoms with Crippen molar-refractivity contribution in [3.05, 3.63) is 0 Å². The first-order chi connectivity index (χ1) is 7.25. The van der Waals surface area contributed by atoms with Crippen molar-refractivity contribution in [2.45, 2.75) is 46.3 Å². The molecular formula is C11H21NO4. The minimum Gasteiger partial charge on any atom is -0.478 e. The molecule has 0 aromatic rings. The fourth-order valence-corrected chi connectivity index (χ4v) is 1.29. The maximum absolute atomic E-state index is 11.5. The molecule has 0 fully saturated rings. The first-order valence-corrected chi connectivity index (χ1v) is 5.44. The lowest BCUT2D eigenvalue weighted by Crippen LogP contribution is -2.40. The van der Waals surface area contributed by atoms with Gasteiger partial charge in [-0.05, 0) is 12.3 Å². The van der Waals surface area contributed by atoms with Gasteiger partial charge in [-0.2, -0.15) is 0 Å². The Hall–Kier alpha value is -1.10. The van der Waals surface area contributed by atoms with Crippen molar-refractivity contribution in [3.8, 4) is 0 Å². The average Bonchev–Trinajstić information content (AvgIpc) is 2.11. The van der Waals surface area contributed by atoms with E-state index in [-0.39, 0.29) is 11.8 Å². The van der Waals surface area contributed by atoms with Gasteiger partial charge in [0.15, 0.2) is 0 Å². The van der Waals surface area contributed by atoms with Gasteiger partial charge in [-0.3, -0.25) is 4.79 Å². The quantitative estimate of drug-likeness (QED) is 0.666. The Bertz CT molecular complexity index is 250. The summed E-state index contributed by atoms with van der Waals surface area (Å²) in [6.07, 6.45) is -0.630. The van der Waals surface area contributed by atoms with Gasteiger partial charge >= 0.3 is 11.9 Å². The van der Waals surface area contributed by atoms with Crippen LogP contribution in [-0.2, 0) is 14.3 Å². The van der Waals surface area contributed by atoms with Gasteiger partial charge in [0, 0.05) is 5.92 Å². The van der Waals surface area contributed by atoms with Gasteiger partial charge in [0.1, 0.15) is 6.04 Å². The highest BCUT2D eigenvalue weighted by atomic mass is 16.6. The number of carboxylic acid groups (broad SMARTS) is 1. The van der Waals surface area contributed by atoms with E-state index in [2.05, 4.69) is 0 Å². The Morgan fingerprint density at radius 2 is 1.75 bits per heavy atom. The van der Waals surface area contributed by atoms with E-state index < -0.39 is 24.1 Å². The van der Waals surface area contributed by atoms with Crippen LogP contribution in [0.25, 0.3) is 0 Å². The number of carboxylic acids is 1. The molecule has 0 saturated carbocycles. The summed E-state index contributed by atoms with van der Waals surface area (Å²) in [7, 11) is 0. The molecular weight excluding hydrogens is 210 g/mol. The summed E-state index contributed by atoms with van der Waals surface area (Å²) in [5, 5.41) is 8.84. The number of rotatable bonds is 6. The molecule has 0 aromatic carbocycles. The van der Waals surface area contributed by atoms with E-state index in [9.17, 15) is 9.59 Å². The number of carbonyl (C=O) groups excluding carboxylic acids is 1. The number of aliphatic carboxylic acids is 1. The van der Waals surface area contributed by atoms with Crippen LogP contribution in [0.15, 0.2) is 0 Å². The van der Waals surface area contributed by atoms with Gasteiger partial charge in [0.2, 0.25) is 6.10 Å². The molecule has 0 heterocycles. The first kappa shape index (κ1) is 14.9. The first-order valence-electron chi connectivity index (χ1n) is 5.44. The third-order valence-electron chi connectivity index (χ3n) is 2.12. The lowest BCUT2D eigenvalue weighted by Gasteiger charge is -2.20. The maximum atomic E-state index is 11.5. The Morgan fingerprint density at radius 1 is 1.25 bits per heavy atom. The van der Waals surface area contributed by atoms with Crippen molar-refractivity contribution < 1.29 is 19.4 Å². The molecule has 5 heteroatoms. The number of nitrogens with two attached hydrogens (primary N) is 1. The van der Waals surface area contributed by atoms with E-state index in [0.717, 1.165) is 0 Å². The van der Waals surface area contributed by atoms with Crippen molar-refractivity contribution in [1.29, 1.82) is 0 Å². The van der Waals surface area contributed by atoms with Crippen molar-refractivity contribution in [2.75, 3.05) is 0 Å². The summed E-state index contributed by atoms with van der Waals surface area (Å²) >= 11 is 0. The molecule has 1 unspecified atom stereocenters. The average molecular weight is 231 g/mol. The van der Waals surface area contributed by atoms with Crippen molar-refractivity contribution >= 4 is 11.9 Å². The van der Waals surface area contributed by atoms with E-state index in [1.165, 1.54) is 0 Å². The van der Waals surface area contributed by atoms with Crippen LogP contribution >= 0.6 is 0 Å². The summed E-state index contributed by atoms with van der Waals surface area (Å²) in [5.74, 6) is -1.78. The Labute approximate surface area is 96.0 Å². The van der Waals surface area contributed by atoms with Crippen LogP contribution in [0.3, 0.4) is 0 Å². The van der Waals surface area contributed by atoms with Crippen molar-refractivity contribution in [1.82, 2.24) is 0 Å². The van der Waals surface area contributed by atoms with Crippen LogP contribution in [0.5, 0.6) is 0 Å². The van der Waals surface area contributed by atoms with Gasteiger partial charge < -0.3 is 15.6 Å². The zero-order chi connectivity index (χ0) is 12.9. The molecule has 5 nitrogen and oxygen atoms in total. The second kappa shape index (κ2) is 6.48. The molecule has 0 rings (SSSR count). The minimum atomic E-state index is -1.14. The molecule has 0 aliphatic heterocycles. The van der Waals surface area contributed by atoms with Crippen molar-refractivity contribution in [2.24, 2.45) is 17.6 Å². The highest BCUT2D eigenvalue weighted by molar-refractivity contribution is 5.80. The standard InChI is InChI=1S/C11H21NO4/c1-6(2)5-8(12)11(15)16-9(7(3)4)10(13)14/h6-9H,5,12H2,1-4H3,(H,13,14)/t8-,9?/m0/s1. The molecule has 94 valence electrons. The summed E-state index contributed by atoms with van der Waals surface area (Å²) in [6.45, 7) is 7.23. The maximum Gasteiger partial charge on any atom is 0.345 e. The van der Waals surface area contributed by atoms with Gasteiger partial charge in [-0.25, -0.2) is 4.79 Å². The van der Waals surface area contributed by atoms with Crippen LogP contribution < -0.4 is 5.73 Å². The zero-order valence-electron chi connectivity index (χ0n) is 10.3.